The highest BCUT2D eigenvalue weighted by Crippen LogP contribution is 2.26. The first kappa shape index (κ1) is 11.4. The summed E-state index contributed by atoms with van der Waals surface area (Å²) >= 11 is 1.05. The highest BCUT2D eigenvalue weighted by molar-refractivity contribution is 7.18. The summed E-state index contributed by atoms with van der Waals surface area (Å²) in [5, 5.41) is 12.1. The van der Waals surface area contributed by atoms with Crippen LogP contribution in [0.1, 0.15) is 25.7 Å². The van der Waals surface area contributed by atoms with Crippen molar-refractivity contribution in [2.45, 2.75) is 6.92 Å². The number of carbonyl (C=O) groups is 2. The first-order valence-corrected chi connectivity index (χ1v) is 5.68. The van der Waals surface area contributed by atoms with Gasteiger partial charge in [-0.2, -0.15) is 0 Å². The molecule has 0 bridgehead atoms. The fourth-order valence-corrected chi connectivity index (χ4v) is 2.31. The fraction of sp³-hybridized carbons (Fsp3) is 0.0909. The number of amides is 1. The summed E-state index contributed by atoms with van der Waals surface area (Å²) in [7, 11) is 0. The summed E-state index contributed by atoms with van der Waals surface area (Å²) in [6.07, 6.45) is 1.65. The quantitative estimate of drug-likeness (QED) is 0.781. The van der Waals surface area contributed by atoms with Gasteiger partial charge in [-0.1, -0.05) is 0 Å². The molecule has 0 saturated carbocycles. The van der Waals surface area contributed by atoms with Crippen molar-refractivity contribution in [2.24, 2.45) is 0 Å². The lowest BCUT2D eigenvalue weighted by atomic mass is 10.3. The number of H-pyrrole nitrogens is 1. The molecule has 0 unspecified atom stereocenters. The number of carbonyl (C=O) groups excluding carboxylic acids is 1. The molecular weight excluding hydrogens is 240 g/mol. The minimum Gasteiger partial charge on any atom is -0.477 e. The Hall–Kier alpha value is -2.08. The van der Waals surface area contributed by atoms with E-state index in [9.17, 15) is 9.59 Å². The number of aromatic carboxylic acids is 1. The van der Waals surface area contributed by atoms with Crippen molar-refractivity contribution in [1.82, 2.24) is 4.98 Å². The molecule has 6 heteroatoms. The Morgan fingerprint density at radius 1 is 1.47 bits per heavy atom. The van der Waals surface area contributed by atoms with Crippen LogP contribution in [0.25, 0.3) is 0 Å². The molecule has 2 aromatic heterocycles. The second-order valence-electron chi connectivity index (χ2n) is 3.47. The monoisotopic (exact) mass is 250 g/mol. The van der Waals surface area contributed by atoms with Crippen molar-refractivity contribution >= 4 is 28.2 Å². The zero-order valence-electron chi connectivity index (χ0n) is 8.98. The molecule has 1 amide bonds. The molecule has 0 aliphatic carbocycles. The van der Waals surface area contributed by atoms with Gasteiger partial charge in [0, 0.05) is 6.20 Å². The van der Waals surface area contributed by atoms with Gasteiger partial charge >= 0.3 is 5.97 Å². The van der Waals surface area contributed by atoms with Gasteiger partial charge in [0.2, 0.25) is 0 Å². The molecule has 0 fully saturated rings. The van der Waals surface area contributed by atoms with E-state index in [0.29, 0.717) is 16.3 Å². The average Bonchev–Trinajstić information content (AvgIpc) is 2.86. The van der Waals surface area contributed by atoms with E-state index in [1.807, 2.05) is 0 Å². The van der Waals surface area contributed by atoms with Gasteiger partial charge in [-0.25, -0.2) is 4.79 Å². The first-order chi connectivity index (χ1) is 8.08. The molecule has 0 aromatic carbocycles. The van der Waals surface area contributed by atoms with Crippen LogP contribution in [0.3, 0.4) is 0 Å². The number of aromatic amines is 1. The van der Waals surface area contributed by atoms with Crippen molar-refractivity contribution in [2.75, 3.05) is 5.32 Å². The highest BCUT2D eigenvalue weighted by Gasteiger charge is 2.14. The van der Waals surface area contributed by atoms with Crippen molar-refractivity contribution in [3.8, 4) is 0 Å². The number of hydrogen-bond donors (Lipinski definition) is 3. The maximum Gasteiger partial charge on any atom is 0.346 e. The van der Waals surface area contributed by atoms with Crippen LogP contribution in [0.15, 0.2) is 24.4 Å². The number of carboxylic acids is 1. The Morgan fingerprint density at radius 2 is 2.24 bits per heavy atom. The lowest BCUT2D eigenvalue weighted by Gasteiger charge is -1.98. The van der Waals surface area contributed by atoms with Crippen LogP contribution in [0, 0.1) is 6.92 Å². The maximum absolute atomic E-state index is 11.7. The van der Waals surface area contributed by atoms with Crippen molar-refractivity contribution in [3.05, 3.63) is 40.5 Å². The van der Waals surface area contributed by atoms with Crippen molar-refractivity contribution in [1.29, 1.82) is 0 Å². The van der Waals surface area contributed by atoms with Crippen LogP contribution < -0.4 is 5.32 Å². The van der Waals surface area contributed by atoms with E-state index >= 15 is 0 Å². The molecule has 2 heterocycles. The molecule has 5 nitrogen and oxygen atoms in total. The van der Waals surface area contributed by atoms with Gasteiger partial charge in [0.25, 0.3) is 5.91 Å². The molecule has 0 spiro atoms. The number of nitrogens with one attached hydrogen (secondary N) is 2. The summed E-state index contributed by atoms with van der Waals surface area (Å²) in [4.78, 5) is 25.5. The molecule has 2 rings (SSSR count). The summed E-state index contributed by atoms with van der Waals surface area (Å²) < 4.78 is 0. The van der Waals surface area contributed by atoms with Gasteiger partial charge in [0.1, 0.15) is 10.6 Å². The lowest BCUT2D eigenvalue weighted by Crippen LogP contribution is -2.10. The largest absolute Gasteiger partial charge is 0.477 e. The molecule has 2 aromatic rings. The summed E-state index contributed by atoms with van der Waals surface area (Å²) in [5.74, 6) is -1.26. The number of aryl methyl sites for hydroxylation is 1. The summed E-state index contributed by atoms with van der Waals surface area (Å²) in [5.41, 5.74) is 1.08. The van der Waals surface area contributed by atoms with E-state index < -0.39 is 5.97 Å². The zero-order valence-corrected chi connectivity index (χ0v) is 9.80. The lowest BCUT2D eigenvalue weighted by molar-refractivity contribution is 0.0701. The SMILES string of the molecule is Cc1cc(NC(=O)c2ccc[nH]2)sc1C(=O)O. The Balaban J connectivity index is 2.17. The molecule has 0 aliphatic rings. The van der Waals surface area contributed by atoms with Gasteiger partial charge in [-0.05, 0) is 30.7 Å². The van der Waals surface area contributed by atoms with E-state index in [1.54, 1.807) is 31.3 Å². The number of aromatic nitrogens is 1. The van der Waals surface area contributed by atoms with E-state index in [0.717, 1.165) is 11.3 Å². The third-order valence-electron chi connectivity index (χ3n) is 2.19. The van der Waals surface area contributed by atoms with Crippen LogP contribution in [0.2, 0.25) is 0 Å². The molecule has 0 aliphatic heterocycles. The summed E-state index contributed by atoms with van der Waals surface area (Å²) in [6, 6.07) is 5.01. The molecule has 3 N–H and O–H groups in total. The zero-order chi connectivity index (χ0) is 12.4. The second kappa shape index (κ2) is 4.42. The minimum atomic E-state index is -0.979. The topological polar surface area (TPSA) is 82.2 Å². The summed E-state index contributed by atoms with van der Waals surface area (Å²) in [6.45, 7) is 1.70. The molecule has 0 saturated heterocycles. The Bertz CT molecular complexity index is 557. The van der Waals surface area contributed by atoms with E-state index in [-0.39, 0.29) is 10.8 Å². The van der Waals surface area contributed by atoms with Crippen LogP contribution in [-0.4, -0.2) is 22.0 Å². The van der Waals surface area contributed by atoms with E-state index in [4.69, 9.17) is 5.11 Å². The number of carboxylic acid groups (broad SMARTS) is 1. The van der Waals surface area contributed by atoms with Gasteiger partial charge in [0.15, 0.2) is 0 Å². The average molecular weight is 250 g/mol. The molecule has 0 radical (unpaired) electrons. The first-order valence-electron chi connectivity index (χ1n) is 4.86. The molecule has 17 heavy (non-hydrogen) atoms. The number of hydrogen-bond acceptors (Lipinski definition) is 3. The van der Waals surface area contributed by atoms with Crippen molar-refractivity contribution < 1.29 is 14.7 Å². The smallest absolute Gasteiger partial charge is 0.346 e. The van der Waals surface area contributed by atoms with Crippen LogP contribution >= 0.6 is 11.3 Å². The molecular formula is C11H10N2O3S. The van der Waals surface area contributed by atoms with Gasteiger partial charge < -0.3 is 15.4 Å². The van der Waals surface area contributed by atoms with Crippen molar-refractivity contribution in [3.63, 3.8) is 0 Å². The van der Waals surface area contributed by atoms with Gasteiger partial charge in [0.05, 0.1) is 5.00 Å². The highest BCUT2D eigenvalue weighted by atomic mass is 32.1. The maximum atomic E-state index is 11.7. The normalized spacial score (nSPS) is 10.2. The number of rotatable bonds is 3. The fourth-order valence-electron chi connectivity index (χ4n) is 1.41. The predicted octanol–water partition coefficient (Wildman–Crippen LogP) is 2.34. The van der Waals surface area contributed by atoms with E-state index in [2.05, 4.69) is 10.3 Å². The molecule has 88 valence electrons. The Morgan fingerprint density at radius 3 is 2.76 bits per heavy atom. The number of thiophene rings is 1. The predicted molar refractivity (Wildman–Crippen MR) is 64.8 cm³/mol. The van der Waals surface area contributed by atoms with Gasteiger partial charge in [-0.3, -0.25) is 4.79 Å². The molecule has 0 atom stereocenters. The third-order valence-corrected chi connectivity index (χ3v) is 3.33. The Labute approximate surface area is 101 Å². The van der Waals surface area contributed by atoms with Gasteiger partial charge in [-0.15, -0.1) is 11.3 Å². The van der Waals surface area contributed by atoms with E-state index in [1.165, 1.54) is 0 Å². The third kappa shape index (κ3) is 2.36. The Kier molecular flexibility index (Phi) is 2.97. The number of anilines is 1. The van der Waals surface area contributed by atoms with Crippen LogP contribution in [0.4, 0.5) is 5.00 Å². The second-order valence-corrected chi connectivity index (χ2v) is 4.52. The standard InChI is InChI=1S/C11H10N2O3S/c1-6-5-8(17-9(6)11(15)16)13-10(14)7-3-2-4-12-7/h2-5,12H,1H3,(H,13,14)(H,15,16). The minimum absolute atomic E-state index is 0.242. The van der Waals surface area contributed by atoms with Crippen LogP contribution in [-0.2, 0) is 0 Å². The van der Waals surface area contributed by atoms with Crippen LogP contribution in [0.5, 0.6) is 0 Å².